The predicted molar refractivity (Wildman–Crippen MR) is 55.1 cm³/mol. The Balaban J connectivity index is 3.55. The fourth-order valence-corrected chi connectivity index (χ4v) is 2.02. The summed E-state index contributed by atoms with van der Waals surface area (Å²) >= 11 is 0. The lowest BCUT2D eigenvalue weighted by Crippen LogP contribution is -2.22. The Bertz CT molecular complexity index is 602. The van der Waals surface area contributed by atoms with Crippen molar-refractivity contribution in [2.45, 2.75) is 24.2 Å². The van der Waals surface area contributed by atoms with Crippen LogP contribution in [0.25, 0.3) is 0 Å². The van der Waals surface area contributed by atoms with Crippen LogP contribution in [0.15, 0.2) is 11.0 Å². The molecule has 0 aliphatic rings. The van der Waals surface area contributed by atoms with Crippen molar-refractivity contribution in [2.24, 2.45) is 10.9 Å². The number of hydrogen-bond acceptors (Lipinski definition) is 5. The van der Waals surface area contributed by atoms with E-state index in [1.54, 1.807) is 0 Å². The molecule has 0 bridgehead atoms. The molecule has 1 rings (SSSR count). The number of nitrogens with zero attached hydrogens (tertiary/aromatic N) is 1. The van der Waals surface area contributed by atoms with Crippen LogP contribution in [-0.2, 0) is 16.6 Å². The molecule has 0 fully saturated rings. The number of pyridine rings is 1. The average molecular weight is 321 g/mol. The molecule has 0 spiro atoms. The summed E-state index contributed by atoms with van der Waals surface area (Å²) in [6, 6.07) is 0.222. The zero-order valence-corrected chi connectivity index (χ0v) is 10.3. The average Bonchev–Trinajstić information content (AvgIpc) is 2.24. The molecule has 0 saturated carbocycles. The van der Waals surface area contributed by atoms with E-state index in [9.17, 15) is 30.4 Å². The molecule has 0 radical (unpaired) electrons. The molecule has 0 unspecified atom stereocenters. The molecule has 1 heterocycles. The van der Waals surface area contributed by atoms with Gasteiger partial charge in [0.2, 0.25) is 10.0 Å². The minimum Gasteiger partial charge on any atom is -0.404 e. The van der Waals surface area contributed by atoms with Gasteiger partial charge in [0.15, 0.2) is 5.75 Å². The second-order valence-corrected chi connectivity index (χ2v) is 4.94. The van der Waals surface area contributed by atoms with Gasteiger partial charge in [-0.05, 0) is 0 Å². The SMILES string of the molecule is NCc1nc(C(F)F)c(OC(F)(F)F)cc1S(N)(=O)=O. The summed E-state index contributed by atoms with van der Waals surface area (Å²) in [7, 11) is -4.50. The van der Waals surface area contributed by atoms with Gasteiger partial charge in [-0.1, -0.05) is 0 Å². The minimum absolute atomic E-state index is 0.222. The Hall–Kier alpha value is -1.53. The third kappa shape index (κ3) is 3.98. The van der Waals surface area contributed by atoms with E-state index in [1.165, 1.54) is 0 Å². The van der Waals surface area contributed by atoms with Crippen LogP contribution in [0.2, 0.25) is 0 Å². The van der Waals surface area contributed by atoms with Gasteiger partial charge in [-0.15, -0.1) is 13.2 Å². The topological polar surface area (TPSA) is 108 Å². The first-order valence-corrected chi connectivity index (χ1v) is 6.31. The molecular weight excluding hydrogens is 313 g/mol. The Morgan fingerprint density at radius 3 is 2.25 bits per heavy atom. The summed E-state index contributed by atoms with van der Waals surface area (Å²) in [5, 5.41) is 4.74. The second-order valence-electron chi connectivity index (χ2n) is 3.41. The standard InChI is InChI=1S/C8H8F5N3O3S/c9-7(10)6-4(19-8(11,12)13)1-5(20(15,17)18)3(2-14)16-6/h1,7H,2,14H2,(H2,15,17,18). The van der Waals surface area contributed by atoms with E-state index >= 15 is 0 Å². The van der Waals surface area contributed by atoms with Crippen molar-refractivity contribution in [3.63, 3.8) is 0 Å². The molecule has 12 heteroatoms. The van der Waals surface area contributed by atoms with Gasteiger partial charge >= 0.3 is 6.36 Å². The largest absolute Gasteiger partial charge is 0.573 e. The van der Waals surface area contributed by atoms with Crippen LogP contribution >= 0.6 is 0 Å². The molecular formula is C8H8F5N3O3S. The quantitative estimate of drug-likeness (QED) is 0.805. The summed E-state index contributed by atoms with van der Waals surface area (Å²) in [6.07, 6.45) is -8.72. The maximum absolute atomic E-state index is 12.6. The van der Waals surface area contributed by atoms with Crippen molar-refractivity contribution >= 4 is 10.0 Å². The van der Waals surface area contributed by atoms with Crippen LogP contribution in [0.1, 0.15) is 17.8 Å². The zero-order valence-electron chi connectivity index (χ0n) is 9.49. The van der Waals surface area contributed by atoms with Crippen molar-refractivity contribution in [2.75, 3.05) is 0 Å². The molecule has 0 amide bonds. The zero-order chi connectivity index (χ0) is 15.7. The van der Waals surface area contributed by atoms with Crippen molar-refractivity contribution < 1.29 is 35.1 Å². The molecule has 1 aromatic heterocycles. The molecule has 0 aliphatic heterocycles. The van der Waals surface area contributed by atoms with Crippen LogP contribution in [0, 0.1) is 0 Å². The highest BCUT2D eigenvalue weighted by Gasteiger charge is 2.35. The third-order valence-corrected chi connectivity index (χ3v) is 2.95. The van der Waals surface area contributed by atoms with E-state index in [0.717, 1.165) is 0 Å². The van der Waals surface area contributed by atoms with E-state index in [4.69, 9.17) is 10.9 Å². The number of halogens is 5. The lowest BCUT2D eigenvalue weighted by atomic mass is 10.2. The van der Waals surface area contributed by atoms with Gasteiger partial charge in [-0.25, -0.2) is 27.3 Å². The number of primary sulfonamides is 1. The summed E-state index contributed by atoms with van der Waals surface area (Å²) in [6.45, 7) is -0.613. The molecule has 20 heavy (non-hydrogen) atoms. The number of hydrogen-bond donors (Lipinski definition) is 2. The Morgan fingerprint density at radius 2 is 1.90 bits per heavy atom. The third-order valence-electron chi connectivity index (χ3n) is 1.99. The first-order chi connectivity index (χ1) is 8.95. The normalized spacial score (nSPS) is 12.8. The van der Waals surface area contributed by atoms with E-state index < -0.39 is 51.4 Å². The van der Waals surface area contributed by atoms with Crippen molar-refractivity contribution in [3.8, 4) is 5.75 Å². The van der Waals surface area contributed by atoms with Crippen molar-refractivity contribution in [1.29, 1.82) is 0 Å². The number of aromatic nitrogens is 1. The molecule has 0 aromatic carbocycles. The Labute approximate surface area is 109 Å². The number of nitrogens with two attached hydrogens (primary N) is 2. The van der Waals surface area contributed by atoms with Crippen LogP contribution in [0.5, 0.6) is 5.75 Å². The maximum Gasteiger partial charge on any atom is 0.573 e. The summed E-state index contributed by atoms with van der Waals surface area (Å²) < 4.78 is 87.2. The molecule has 0 atom stereocenters. The smallest absolute Gasteiger partial charge is 0.404 e. The molecule has 114 valence electrons. The number of alkyl halides is 5. The van der Waals surface area contributed by atoms with Crippen LogP contribution in [0.3, 0.4) is 0 Å². The second kappa shape index (κ2) is 5.46. The maximum atomic E-state index is 12.6. The van der Waals surface area contributed by atoms with Gasteiger partial charge in [-0.3, -0.25) is 0 Å². The fourth-order valence-electron chi connectivity index (χ4n) is 1.29. The highest BCUT2D eigenvalue weighted by molar-refractivity contribution is 7.89. The van der Waals surface area contributed by atoms with Crippen LogP contribution in [-0.4, -0.2) is 19.8 Å². The lowest BCUT2D eigenvalue weighted by Gasteiger charge is -2.15. The van der Waals surface area contributed by atoms with Gasteiger partial charge < -0.3 is 10.5 Å². The van der Waals surface area contributed by atoms with Gasteiger partial charge in [0.25, 0.3) is 6.43 Å². The predicted octanol–water partition coefficient (Wildman–Crippen LogP) is 1.02. The van der Waals surface area contributed by atoms with E-state index in [2.05, 4.69) is 9.72 Å². The van der Waals surface area contributed by atoms with Crippen molar-refractivity contribution in [3.05, 3.63) is 17.5 Å². The summed E-state index contributed by atoms with van der Waals surface area (Å²) in [5.74, 6) is -1.45. The summed E-state index contributed by atoms with van der Waals surface area (Å²) in [4.78, 5) is 2.17. The Morgan fingerprint density at radius 1 is 1.35 bits per heavy atom. The summed E-state index contributed by atoms with van der Waals surface area (Å²) in [5.41, 5.74) is 3.14. The van der Waals surface area contributed by atoms with Crippen LogP contribution < -0.4 is 15.6 Å². The number of rotatable bonds is 4. The van der Waals surface area contributed by atoms with E-state index in [1.807, 2.05) is 0 Å². The van der Waals surface area contributed by atoms with Gasteiger partial charge in [-0.2, -0.15) is 0 Å². The number of ether oxygens (including phenoxy) is 1. The van der Waals surface area contributed by atoms with Crippen LogP contribution in [0.4, 0.5) is 22.0 Å². The lowest BCUT2D eigenvalue weighted by molar-refractivity contribution is -0.275. The monoisotopic (exact) mass is 321 g/mol. The van der Waals surface area contributed by atoms with Crippen molar-refractivity contribution in [1.82, 2.24) is 4.98 Å². The van der Waals surface area contributed by atoms with Gasteiger partial charge in [0.1, 0.15) is 10.6 Å². The Kier molecular flexibility index (Phi) is 4.51. The van der Waals surface area contributed by atoms with E-state index in [0.29, 0.717) is 0 Å². The highest BCUT2D eigenvalue weighted by Crippen LogP contribution is 2.34. The highest BCUT2D eigenvalue weighted by atomic mass is 32.2. The first kappa shape index (κ1) is 16.5. The molecule has 0 saturated heterocycles. The van der Waals surface area contributed by atoms with Gasteiger partial charge in [0.05, 0.1) is 5.69 Å². The molecule has 4 N–H and O–H groups in total. The molecule has 1 aromatic rings. The minimum atomic E-state index is -5.30. The molecule has 6 nitrogen and oxygen atoms in total. The van der Waals surface area contributed by atoms with E-state index in [-0.39, 0.29) is 6.07 Å². The number of sulfonamides is 1. The van der Waals surface area contributed by atoms with Gasteiger partial charge in [0, 0.05) is 12.6 Å². The molecule has 0 aliphatic carbocycles. The fraction of sp³-hybridized carbons (Fsp3) is 0.375. The first-order valence-electron chi connectivity index (χ1n) is 4.76.